The zero-order valence-electron chi connectivity index (χ0n) is 8.13. The molecule has 0 amide bonds. The minimum atomic E-state index is 0.697. The normalized spacial score (nSPS) is 10.5. The summed E-state index contributed by atoms with van der Waals surface area (Å²) in [6.07, 6.45) is 1.76. The first kappa shape index (κ1) is 9.28. The predicted octanol–water partition coefficient (Wildman–Crippen LogP) is 3.24. The summed E-state index contributed by atoms with van der Waals surface area (Å²) in [4.78, 5) is 4.28. The number of pyridine rings is 1. The van der Waals surface area contributed by atoms with Gasteiger partial charge >= 0.3 is 0 Å². The van der Waals surface area contributed by atoms with Crippen LogP contribution < -0.4 is 5.32 Å². The van der Waals surface area contributed by atoms with Gasteiger partial charge in [0.15, 0.2) is 0 Å². The summed E-state index contributed by atoms with van der Waals surface area (Å²) in [5.74, 6) is 0. The number of hydrogen-bond donors (Lipinski definition) is 1. The number of nitrogens with zero attached hydrogens (tertiary/aromatic N) is 1. The highest BCUT2D eigenvalue weighted by Gasteiger charge is 2.06. The van der Waals surface area contributed by atoms with Crippen molar-refractivity contribution >= 4 is 28.2 Å². The molecule has 0 saturated heterocycles. The number of benzene rings is 1. The Morgan fingerprint density at radius 2 is 2.07 bits per heavy atom. The number of aryl methyl sites for hydroxylation is 1. The second-order valence-corrected chi connectivity index (χ2v) is 3.60. The number of nitrogens with one attached hydrogen (secondary N) is 1. The molecule has 0 atom stereocenters. The Morgan fingerprint density at radius 1 is 1.29 bits per heavy atom. The van der Waals surface area contributed by atoms with E-state index in [1.54, 1.807) is 6.20 Å². The van der Waals surface area contributed by atoms with Gasteiger partial charge in [0, 0.05) is 24.3 Å². The molecule has 0 aliphatic carbocycles. The molecule has 3 heteroatoms. The van der Waals surface area contributed by atoms with Gasteiger partial charge in [-0.2, -0.15) is 0 Å². The van der Waals surface area contributed by atoms with Gasteiger partial charge in [0.05, 0.1) is 10.5 Å². The molecule has 0 fully saturated rings. The van der Waals surface area contributed by atoms with E-state index in [1.807, 2.05) is 25.2 Å². The zero-order valence-corrected chi connectivity index (χ0v) is 8.89. The van der Waals surface area contributed by atoms with Gasteiger partial charge in [-0.15, -0.1) is 0 Å². The van der Waals surface area contributed by atoms with Crippen LogP contribution >= 0.6 is 11.6 Å². The quantitative estimate of drug-likeness (QED) is 0.775. The Balaban J connectivity index is 2.92. The van der Waals surface area contributed by atoms with Crippen molar-refractivity contribution in [1.29, 1.82) is 0 Å². The molecule has 2 aromatic rings. The van der Waals surface area contributed by atoms with Crippen LogP contribution in [0.3, 0.4) is 0 Å². The third-order valence-corrected chi connectivity index (χ3v) is 2.63. The summed E-state index contributed by atoms with van der Waals surface area (Å²) in [7, 11) is 1.90. The van der Waals surface area contributed by atoms with E-state index in [9.17, 15) is 0 Å². The average Bonchev–Trinajstić information content (AvgIpc) is 2.23. The molecule has 1 aromatic carbocycles. The van der Waals surface area contributed by atoms with E-state index in [0.29, 0.717) is 5.02 Å². The van der Waals surface area contributed by atoms with Gasteiger partial charge in [-0.05, 0) is 24.6 Å². The van der Waals surface area contributed by atoms with Gasteiger partial charge in [0.25, 0.3) is 0 Å². The fourth-order valence-corrected chi connectivity index (χ4v) is 1.82. The van der Waals surface area contributed by atoms with E-state index in [2.05, 4.69) is 17.2 Å². The largest absolute Gasteiger partial charge is 0.388 e. The lowest BCUT2D eigenvalue weighted by Crippen LogP contribution is -1.93. The molecular weight excluding hydrogens is 196 g/mol. The molecule has 0 aliphatic heterocycles. The highest BCUT2D eigenvalue weighted by Crippen LogP contribution is 2.29. The lowest BCUT2D eigenvalue weighted by atomic mass is 10.1. The van der Waals surface area contributed by atoms with E-state index >= 15 is 0 Å². The van der Waals surface area contributed by atoms with Crippen molar-refractivity contribution in [2.45, 2.75) is 6.92 Å². The Morgan fingerprint density at radius 3 is 2.79 bits per heavy atom. The molecule has 0 unspecified atom stereocenters. The topological polar surface area (TPSA) is 24.9 Å². The van der Waals surface area contributed by atoms with E-state index in [1.165, 1.54) is 5.56 Å². The fraction of sp³-hybridized carbons (Fsp3) is 0.182. The molecule has 0 saturated carbocycles. The second kappa shape index (κ2) is 3.46. The molecule has 0 spiro atoms. The Hall–Kier alpha value is -1.28. The maximum absolute atomic E-state index is 6.07. The minimum absolute atomic E-state index is 0.697. The molecule has 1 aromatic heterocycles. The van der Waals surface area contributed by atoms with Gasteiger partial charge in [-0.25, -0.2) is 0 Å². The average molecular weight is 207 g/mol. The van der Waals surface area contributed by atoms with E-state index < -0.39 is 0 Å². The molecule has 1 heterocycles. The minimum Gasteiger partial charge on any atom is -0.388 e. The maximum atomic E-state index is 6.07. The van der Waals surface area contributed by atoms with Gasteiger partial charge in [-0.3, -0.25) is 4.98 Å². The number of anilines is 1. The summed E-state index contributed by atoms with van der Waals surface area (Å²) >= 11 is 6.07. The first-order valence-electron chi connectivity index (χ1n) is 4.45. The van der Waals surface area contributed by atoms with Crippen molar-refractivity contribution in [2.24, 2.45) is 0 Å². The van der Waals surface area contributed by atoms with Crippen LogP contribution in [0.1, 0.15) is 5.56 Å². The van der Waals surface area contributed by atoms with Crippen molar-refractivity contribution in [3.8, 4) is 0 Å². The van der Waals surface area contributed by atoms with Crippen LogP contribution in [0.25, 0.3) is 10.9 Å². The summed E-state index contributed by atoms with van der Waals surface area (Å²) in [6, 6.07) is 5.84. The lowest BCUT2D eigenvalue weighted by molar-refractivity contribution is 1.37. The van der Waals surface area contributed by atoms with Crippen LogP contribution in [0.15, 0.2) is 24.4 Å². The summed E-state index contributed by atoms with van der Waals surface area (Å²) in [5.41, 5.74) is 3.11. The molecule has 72 valence electrons. The zero-order chi connectivity index (χ0) is 10.1. The third kappa shape index (κ3) is 1.32. The standard InChI is InChI=1S/C11H11ClN2/c1-7-3-4-8(12)11-10(7)9(13-2)5-6-14-11/h3-6H,1-2H3,(H,13,14). The van der Waals surface area contributed by atoms with E-state index in [-0.39, 0.29) is 0 Å². The van der Waals surface area contributed by atoms with Gasteiger partial charge in [0.2, 0.25) is 0 Å². The summed E-state index contributed by atoms with van der Waals surface area (Å²) in [6.45, 7) is 2.06. The van der Waals surface area contributed by atoms with Crippen LogP contribution in [-0.4, -0.2) is 12.0 Å². The summed E-state index contributed by atoms with van der Waals surface area (Å²) in [5, 5.41) is 4.94. The van der Waals surface area contributed by atoms with E-state index in [4.69, 9.17) is 11.6 Å². The lowest BCUT2D eigenvalue weighted by Gasteiger charge is -2.08. The van der Waals surface area contributed by atoms with Crippen molar-refractivity contribution in [3.05, 3.63) is 35.0 Å². The Labute approximate surface area is 87.9 Å². The maximum Gasteiger partial charge on any atom is 0.0911 e. The summed E-state index contributed by atoms with van der Waals surface area (Å²) < 4.78 is 0. The highest BCUT2D eigenvalue weighted by atomic mass is 35.5. The molecule has 0 aliphatic rings. The second-order valence-electron chi connectivity index (χ2n) is 3.20. The molecule has 1 N–H and O–H groups in total. The van der Waals surface area contributed by atoms with Crippen LogP contribution in [0.5, 0.6) is 0 Å². The van der Waals surface area contributed by atoms with Crippen molar-refractivity contribution < 1.29 is 0 Å². The van der Waals surface area contributed by atoms with Crippen LogP contribution in [0.4, 0.5) is 5.69 Å². The van der Waals surface area contributed by atoms with E-state index in [0.717, 1.165) is 16.6 Å². The number of fused-ring (bicyclic) bond motifs is 1. The molecule has 0 bridgehead atoms. The molecule has 0 radical (unpaired) electrons. The van der Waals surface area contributed by atoms with Crippen molar-refractivity contribution in [2.75, 3.05) is 12.4 Å². The van der Waals surface area contributed by atoms with Gasteiger partial charge in [0.1, 0.15) is 0 Å². The van der Waals surface area contributed by atoms with Crippen LogP contribution in [-0.2, 0) is 0 Å². The Bertz CT molecular complexity index is 480. The molecule has 2 nitrogen and oxygen atoms in total. The van der Waals surface area contributed by atoms with Crippen LogP contribution in [0.2, 0.25) is 5.02 Å². The molecule has 14 heavy (non-hydrogen) atoms. The number of halogens is 1. The van der Waals surface area contributed by atoms with Crippen LogP contribution in [0, 0.1) is 6.92 Å². The Kier molecular flexibility index (Phi) is 2.30. The third-order valence-electron chi connectivity index (χ3n) is 2.32. The number of hydrogen-bond acceptors (Lipinski definition) is 2. The van der Waals surface area contributed by atoms with Crippen molar-refractivity contribution in [3.63, 3.8) is 0 Å². The first-order chi connectivity index (χ1) is 6.74. The van der Waals surface area contributed by atoms with Crippen molar-refractivity contribution in [1.82, 2.24) is 4.98 Å². The monoisotopic (exact) mass is 206 g/mol. The molecular formula is C11H11ClN2. The van der Waals surface area contributed by atoms with Gasteiger partial charge < -0.3 is 5.32 Å². The SMILES string of the molecule is CNc1ccnc2c(Cl)ccc(C)c12. The first-order valence-corrected chi connectivity index (χ1v) is 4.83. The number of aromatic nitrogens is 1. The fourth-order valence-electron chi connectivity index (χ4n) is 1.61. The van der Waals surface area contributed by atoms with Gasteiger partial charge in [-0.1, -0.05) is 17.7 Å². The highest BCUT2D eigenvalue weighted by molar-refractivity contribution is 6.35. The smallest absolute Gasteiger partial charge is 0.0911 e. The number of rotatable bonds is 1. The molecule has 2 rings (SSSR count). The predicted molar refractivity (Wildman–Crippen MR) is 61.0 cm³/mol.